The molecule has 0 heterocycles. The molecule has 2 rings (SSSR count). The van der Waals surface area contributed by atoms with E-state index in [2.05, 4.69) is 6.07 Å². The molecule has 0 atom stereocenters. The molecule has 1 fully saturated rings. The van der Waals surface area contributed by atoms with E-state index in [1.165, 1.54) is 43.7 Å². The molecule has 1 saturated carbocycles. The summed E-state index contributed by atoms with van der Waals surface area (Å²) >= 11 is 12.3. The van der Waals surface area contributed by atoms with Gasteiger partial charge in [-0.2, -0.15) is 0 Å². The van der Waals surface area contributed by atoms with Crippen LogP contribution in [0.15, 0.2) is 24.3 Å². The van der Waals surface area contributed by atoms with E-state index in [9.17, 15) is 4.79 Å². The minimum Gasteiger partial charge on any atom is -0.299 e. The molecule has 1 aliphatic carbocycles. The van der Waals surface area contributed by atoms with Crippen LogP contribution in [0.3, 0.4) is 0 Å². The van der Waals surface area contributed by atoms with E-state index in [0.29, 0.717) is 17.2 Å². The van der Waals surface area contributed by atoms with Gasteiger partial charge in [0.25, 0.3) is 0 Å². The third kappa shape index (κ3) is 3.15. The normalized spacial score (nSPS) is 17.8. The molecule has 0 aliphatic heterocycles. The zero-order valence-corrected chi connectivity index (χ0v) is 11.7. The van der Waals surface area contributed by atoms with Gasteiger partial charge in [-0.15, -0.1) is 0 Å². The van der Waals surface area contributed by atoms with Gasteiger partial charge in [0.2, 0.25) is 0 Å². The van der Waals surface area contributed by atoms with Crippen LogP contribution in [0, 0.1) is 0 Å². The number of halogens is 2. The SMILES string of the molecule is O=CC=C(Cl)c1ccc(C2CCCCC2)c(Cl)c1. The highest BCUT2D eigenvalue weighted by atomic mass is 35.5. The number of benzene rings is 1. The Morgan fingerprint density at radius 1 is 1.22 bits per heavy atom. The fraction of sp³-hybridized carbons (Fsp3) is 0.400. The molecule has 0 radical (unpaired) electrons. The van der Waals surface area contributed by atoms with E-state index in [0.717, 1.165) is 10.6 Å². The quantitative estimate of drug-likeness (QED) is 0.552. The molecule has 0 saturated heterocycles. The average Bonchev–Trinajstić information content (AvgIpc) is 2.40. The van der Waals surface area contributed by atoms with Crippen molar-refractivity contribution in [3.63, 3.8) is 0 Å². The third-order valence-electron chi connectivity index (χ3n) is 3.54. The van der Waals surface area contributed by atoms with Gasteiger partial charge < -0.3 is 0 Å². The molecule has 0 aromatic heterocycles. The van der Waals surface area contributed by atoms with Gasteiger partial charge in [0, 0.05) is 5.02 Å². The van der Waals surface area contributed by atoms with Gasteiger partial charge in [0.05, 0.1) is 5.03 Å². The molecule has 3 heteroatoms. The van der Waals surface area contributed by atoms with E-state index in [-0.39, 0.29) is 0 Å². The highest BCUT2D eigenvalue weighted by molar-refractivity contribution is 6.49. The summed E-state index contributed by atoms with van der Waals surface area (Å²) in [5, 5.41) is 1.19. The minimum absolute atomic E-state index is 0.432. The number of aldehydes is 1. The van der Waals surface area contributed by atoms with Crippen LogP contribution in [0.1, 0.15) is 49.1 Å². The second-order valence-electron chi connectivity index (χ2n) is 4.72. The largest absolute Gasteiger partial charge is 0.299 e. The molecule has 1 aromatic carbocycles. The minimum atomic E-state index is 0.432. The van der Waals surface area contributed by atoms with Gasteiger partial charge >= 0.3 is 0 Å². The van der Waals surface area contributed by atoms with Crippen molar-refractivity contribution in [3.05, 3.63) is 40.4 Å². The van der Waals surface area contributed by atoms with Gasteiger partial charge in [-0.3, -0.25) is 4.79 Å². The highest BCUT2D eigenvalue weighted by Gasteiger charge is 2.18. The second-order valence-corrected chi connectivity index (χ2v) is 5.54. The van der Waals surface area contributed by atoms with Crippen LogP contribution in [0.25, 0.3) is 5.03 Å². The van der Waals surface area contributed by atoms with Crippen molar-refractivity contribution in [2.24, 2.45) is 0 Å². The van der Waals surface area contributed by atoms with E-state index in [4.69, 9.17) is 23.2 Å². The number of hydrogen-bond acceptors (Lipinski definition) is 1. The first kappa shape index (κ1) is 13.6. The second kappa shape index (κ2) is 6.40. The Bertz CT molecular complexity index is 460. The zero-order chi connectivity index (χ0) is 13.0. The molecule has 1 nitrogen and oxygen atoms in total. The summed E-state index contributed by atoms with van der Waals surface area (Å²) in [4.78, 5) is 10.4. The van der Waals surface area contributed by atoms with Crippen LogP contribution in [0.5, 0.6) is 0 Å². The fourth-order valence-electron chi connectivity index (χ4n) is 2.58. The number of carbonyl (C=O) groups excluding carboxylic acids is 1. The number of rotatable bonds is 3. The number of allylic oxidation sites excluding steroid dienone is 1. The third-order valence-corrected chi connectivity index (χ3v) is 4.21. The monoisotopic (exact) mass is 282 g/mol. The van der Waals surface area contributed by atoms with Crippen molar-refractivity contribution in [1.82, 2.24) is 0 Å². The summed E-state index contributed by atoms with van der Waals surface area (Å²) in [6.45, 7) is 0. The summed E-state index contributed by atoms with van der Waals surface area (Å²) < 4.78 is 0. The molecule has 1 aliphatic rings. The Morgan fingerprint density at radius 3 is 2.56 bits per heavy atom. The Labute approximate surface area is 118 Å². The van der Waals surface area contributed by atoms with Crippen molar-refractivity contribution in [1.29, 1.82) is 0 Å². The zero-order valence-electron chi connectivity index (χ0n) is 10.2. The molecule has 0 N–H and O–H groups in total. The first-order valence-corrected chi connectivity index (χ1v) is 7.08. The molecule has 18 heavy (non-hydrogen) atoms. The van der Waals surface area contributed by atoms with Crippen LogP contribution < -0.4 is 0 Å². The Kier molecular flexibility index (Phi) is 4.85. The molecule has 96 valence electrons. The van der Waals surface area contributed by atoms with Crippen LogP contribution in [0.2, 0.25) is 5.02 Å². The maximum atomic E-state index is 10.4. The summed E-state index contributed by atoms with van der Waals surface area (Å²) in [7, 11) is 0. The molecule has 0 unspecified atom stereocenters. The summed E-state index contributed by atoms with van der Waals surface area (Å²) in [6, 6.07) is 5.85. The van der Waals surface area contributed by atoms with Crippen molar-refractivity contribution >= 4 is 34.5 Å². The Hall–Kier alpha value is -0.790. The summed E-state index contributed by atoms with van der Waals surface area (Å²) in [5.41, 5.74) is 2.02. The van der Waals surface area contributed by atoms with Crippen LogP contribution in [-0.4, -0.2) is 6.29 Å². The lowest BCUT2D eigenvalue weighted by Gasteiger charge is -2.23. The van der Waals surface area contributed by atoms with Gasteiger partial charge in [-0.1, -0.05) is 54.6 Å². The Morgan fingerprint density at radius 2 is 1.94 bits per heavy atom. The van der Waals surface area contributed by atoms with E-state index in [1.807, 2.05) is 12.1 Å². The van der Waals surface area contributed by atoms with Gasteiger partial charge in [-0.25, -0.2) is 0 Å². The topological polar surface area (TPSA) is 17.1 Å². The smallest absolute Gasteiger partial charge is 0.144 e. The van der Waals surface area contributed by atoms with Crippen LogP contribution in [-0.2, 0) is 4.79 Å². The molecular weight excluding hydrogens is 267 g/mol. The lowest BCUT2D eigenvalue weighted by atomic mass is 9.84. The Balaban J connectivity index is 2.24. The summed E-state index contributed by atoms with van der Waals surface area (Å²) in [6.07, 6.45) is 8.37. The number of hydrogen-bond donors (Lipinski definition) is 0. The van der Waals surface area contributed by atoms with Gasteiger partial charge in [-0.05, 0) is 42.0 Å². The van der Waals surface area contributed by atoms with E-state index >= 15 is 0 Å². The standard InChI is InChI=1S/C15H16Cl2O/c16-14(8-9-18)12-6-7-13(15(17)10-12)11-4-2-1-3-5-11/h6-11H,1-5H2. The molecule has 0 spiro atoms. The highest BCUT2D eigenvalue weighted by Crippen LogP contribution is 2.37. The van der Waals surface area contributed by atoms with Crippen molar-refractivity contribution < 1.29 is 4.79 Å². The van der Waals surface area contributed by atoms with Gasteiger partial charge in [0.1, 0.15) is 6.29 Å². The maximum absolute atomic E-state index is 10.4. The van der Waals surface area contributed by atoms with Crippen molar-refractivity contribution in [3.8, 4) is 0 Å². The maximum Gasteiger partial charge on any atom is 0.144 e. The number of carbonyl (C=O) groups is 1. The molecule has 0 bridgehead atoms. The van der Waals surface area contributed by atoms with Crippen molar-refractivity contribution in [2.75, 3.05) is 0 Å². The molecule has 1 aromatic rings. The van der Waals surface area contributed by atoms with Gasteiger partial charge in [0.15, 0.2) is 0 Å². The predicted molar refractivity (Wildman–Crippen MR) is 77.2 cm³/mol. The molecular formula is C15H16Cl2O. The fourth-order valence-corrected chi connectivity index (χ4v) is 3.08. The van der Waals surface area contributed by atoms with Crippen molar-refractivity contribution in [2.45, 2.75) is 38.0 Å². The van der Waals surface area contributed by atoms with Crippen LogP contribution >= 0.6 is 23.2 Å². The average molecular weight is 283 g/mol. The lowest BCUT2D eigenvalue weighted by Crippen LogP contribution is -2.05. The summed E-state index contributed by atoms with van der Waals surface area (Å²) in [5.74, 6) is 0.578. The molecule has 0 amide bonds. The predicted octanol–water partition coefficient (Wildman–Crippen LogP) is 5.17. The van der Waals surface area contributed by atoms with E-state index < -0.39 is 0 Å². The van der Waals surface area contributed by atoms with Crippen LogP contribution in [0.4, 0.5) is 0 Å². The lowest BCUT2D eigenvalue weighted by molar-refractivity contribution is -0.104. The first-order valence-electron chi connectivity index (χ1n) is 6.33. The first-order chi connectivity index (χ1) is 8.72. The van der Waals surface area contributed by atoms with E-state index in [1.54, 1.807) is 0 Å².